The van der Waals surface area contributed by atoms with E-state index in [-0.39, 0.29) is 11.7 Å². The van der Waals surface area contributed by atoms with Gasteiger partial charge >= 0.3 is 5.69 Å². The molecule has 0 aliphatic carbocycles. The van der Waals surface area contributed by atoms with Crippen molar-refractivity contribution < 1.29 is 0 Å². The highest BCUT2D eigenvalue weighted by atomic mass is 79.9. The lowest BCUT2D eigenvalue weighted by Crippen LogP contribution is -2.17. The molecule has 0 amide bonds. The topological polar surface area (TPSA) is 60.7 Å². The summed E-state index contributed by atoms with van der Waals surface area (Å²) in [5.41, 5.74) is 2.55. The maximum absolute atomic E-state index is 11.4. The molecule has 104 valence electrons. The van der Waals surface area contributed by atoms with Gasteiger partial charge in [-0.25, -0.2) is 4.79 Å². The van der Waals surface area contributed by atoms with E-state index in [0.717, 1.165) is 21.1 Å². The van der Waals surface area contributed by atoms with Gasteiger partial charge in [0.15, 0.2) is 0 Å². The van der Waals surface area contributed by atoms with Gasteiger partial charge < -0.3 is 15.3 Å². The van der Waals surface area contributed by atoms with Crippen molar-refractivity contribution in [1.82, 2.24) is 15.3 Å². The Kier molecular flexibility index (Phi) is 3.54. The largest absolute Gasteiger partial charge is 0.323 e. The molecule has 0 spiro atoms. The zero-order valence-electron chi connectivity index (χ0n) is 11.1. The second-order valence-corrected chi connectivity index (χ2v) is 6.84. The first-order valence-corrected chi connectivity index (χ1v) is 7.84. The van der Waals surface area contributed by atoms with Crippen molar-refractivity contribution >= 4 is 38.3 Å². The molecule has 3 rings (SSSR count). The van der Waals surface area contributed by atoms with E-state index in [4.69, 9.17) is 0 Å². The van der Waals surface area contributed by atoms with Crippen LogP contribution in [0.15, 0.2) is 33.5 Å². The van der Waals surface area contributed by atoms with Crippen LogP contribution >= 0.6 is 27.3 Å². The highest BCUT2D eigenvalue weighted by Gasteiger charge is 2.18. The van der Waals surface area contributed by atoms with Crippen molar-refractivity contribution in [3.05, 3.63) is 54.5 Å². The first-order valence-electron chi connectivity index (χ1n) is 6.23. The molecule has 2 aromatic heterocycles. The standard InChI is InChI=1S/C14H14BrN3OS/c1-7-3-4-12(20-7)13(16-2)8-5-10-11(6-9(8)15)18-14(19)17-10/h3-6,13,16H,1-2H3,(H2,17,18,19). The fourth-order valence-electron chi connectivity index (χ4n) is 2.35. The number of aromatic nitrogens is 2. The summed E-state index contributed by atoms with van der Waals surface area (Å²) in [4.78, 5) is 19.5. The van der Waals surface area contributed by atoms with Crippen molar-refractivity contribution in [3.8, 4) is 0 Å². The average molecular weight is 352 g/mol. The van der Waals surface area contributed by atoms with Crippen LogP contribution in [0.1, 0.15) is 21.4 Å². The number of aromatic amines is 2. The van der Waals surface area contributed by atoms with E-state index >= 15 is 0 Å². The molecule has 0 bridgehead atoms. The van der Waals surface area contributed by atoms with Crippen LogP contribution < -0.4 is 11.0 Å². The summed E-state index contributed by atoms with van der Waals surface area (Å²) in [5, 5.41) is 3.34. The summed E-state index contributed by atoms with van der Waals surface area (Å²) in [7, 11) is 1.94. The molecule has 0 saturated carbocycles. The normalized spacial score (nSPS) is 12.9. The van der Waals surface area contributed by atoms with Crippen LogP contribution in [0.2, 0.25) is 0 Å². The third-order valence-corrected chi connectivity index (χ3v) is 5.03. The molecule has 0 aliphatic heterocycles. The van der Waals surface area contributed by atoms with Crippen LogP contribution in [0.5, 0.6) is 0 Å². The van der Waals surface area contributed by atoms with E-state index in [1.165, 1.54) is 9.75 Å². The molecule has 6 heteroatoms. The van der Waals surface area contributed by atoms with E-state index in [2.05, 4.69) is 50.3 Å². The Morgan fingerprint density at radius 3 is 2.55 bits per heavy atom. The number of imidazole rings is 1. The molecule has 2 heterocycles. The zero-order valence-corrected chi connectivity index (χ0v) is 13.5. The fourth-order valence-corrected chi connectivity index (χ4v) is 3.93. The minimum Gasteiger partial charge on any atom is -0.309 e. The van der Waals surface area contributed by atoms with Gasteiger partial charge in [0, 0.05) is 14.2 Å². The number of hydrogen-bond acceptors (Lipinski definition) is 3. The number of fused-ring (bicyclic) bond motifs is 1. The number of thiophene rings is 1. The number of aryl methyl sites for hydroxylation is 1. The Balaban J connectivity index is 2.15. The quantitative estimate of drug-likeness (QED) is 0.677. The van der Waals surface area contributed by atoms with Gasteiger partial charge in [-0.2, -0.15) is 0 Å². The Morgan fingerprint density at radius 2 is 1.95 bits per heavy atom. The molecule has 3 N–H and O–H groups in total. The predicted octanol–water partition coefficient (Wildman–Crippen LogP) is 3.30. The van der Waals surface area contributed by atoms with E-state index in [1.54, 1.807) is 11.3 Å². The van der Waals surface area contributed by atoms with Gasteiger partial charge in [0.05, 0.1) is 17.1 Å². The SMILES string of the molecule is CNC(c1ccc(C)s1)c1cc2[nH]c(=O)[nH]c2cc1Br. The maximum atomic E-state index is 11.4. The second kappa shape index (κ2) is 5.20. The fraction of sp³-hybridized carbons (Fsp3) is 0.214. The minimum absolute atomic E-state index is 0.103. The summed E-state index contributed by atoms with van der Waals surface area (Å²) in [6.07, 6.45) is 0. The first kappa shape index (κ1) is 13.6. The molecule has 0 fully saturated rings. The third kappa shape index (κ3) is 2.34. The molecule has 1 aromatic carbocycles. The van der Waals surface area contributed by atoms with Crippen LogP contribution in [0.25, 0.3) is 11.0 Å². The summed E-state index contributed by atoms with van der Waals surface area (Å²) < 4.78 is 0.977. The zero-order chi connectivity index (χ0) is 14.3. The lowest BCUT2D eigenvalue weighted by molar-refractivity contribution is 0.702. The summed E-state index contributed by atoms with van der Waals surface area (Å²) in [5.74, 6) is 0. The maximum Gasteiger partial charge on any atom is 0.323 e. The predicted molar refractivity (Wildman–Crippen MR) is 86.6 cm³/mol. The van der Waals surface area contributed by atoms with Gasteiger partial charge in [0.1, 0.15) is 0 Å². The third-order valence-electron chi connectivity index (χ3n) is 3.28. The lowest BCUT2D eigenvalue weighted by Gasteiger charge is -2.17. The Bertz CT molecular complexity index is 817. The van der Waals surface area contributed by atoms with Gasteiger partial charge in [0.2, 0.25) is 0 Å². The molecular formula is C14H14BrN3OS. The van der Waals surface area contributed by atoms with Crippen LogP contribution in [0, 0.1) is 6.92 Å². The number of nitrogens with one attached hydrogen (secondary N) is 3. The molecule has 0 aliphatic rings. The average Bonchev–Trinajstić information content (AvgIpc) is 2.96. The van der Waals surface area contributed by atoms with Crippen LogP contribution in [-0.4, -0.2) is 17.0 Å². The molecule has 4 nitrogen and oxygen atoms in total. The first-order chi connectivity index (χ1) is 9.58. The lowest BCUT2D eigenvalue weighted by atomic mass is 10.0. The number of halogens is 1. The second-order valence-electron chi connectivity index (χ2n) is 4.67. The van der Waals surface area contributed by atoms with Crippen molar-refractivity contribution in [2.75, 3.05) is 7.05 Å². The van der Waals surface area contributed by atoms with Crippen molar-refractivity contribution in [2.24, 2.45) is 0 Å². The minimum atomic E-state index is -0.183. The van der Waals surface area contributed by atoms with Gasteiger partial charge in [-0.3, -0.25) is 0 Å². The summed E-state index contributed by atoms with van der Waals surface area (Å²) in [6, 6.07) is 8.30. The van der Waals surface area contributed by atoms with Crippen LogP contribution in [-0.2, 0) is 0 Å². The molecule has 1 unspecified atom stereocenters. The Labute approximate surface area is 128 Å². The summed E-state index contributed by atoms with van der Waals surface area (Å²) in [6.45, 7) is 2.10. The van der Waals surface area contributed by atoms with E-state index in [0.29, 0.717) is 0 Å². The van der Waals surface area contributed by atoms with E-state index in [1.807, 2.05) is 19.2 Å². The Hall–Kier alpha value is -1.37. The Morgan fingerprint density at radius 1 is 1.25 bits per heavy atom. The van der Waals surface area contributed by atoms with Crippen LogP contribution in [0.3, 0.4) is 0 Å². The smallest absolute Gasteiger partial charge is 0.309 e. The van der Waals surface area contributed by atoms with Gasteiger partial charge in [-0.05, 0) is 43.8 Å². The monoisotopic (exact) mass is 351 g/mol. The molecule has 1 atom stereocenters. The van der Waals surface area contributed by atoms with Crippen molar-refractivity contribution in [3.63, 3.8) is 0 Å². The molecule has 0 saturated heterocycles. The number of benzene rings is 1. The molecule has 3 aromatic rings. The van der Waals surface area contributed by atoms with Crippen molar-refractivity contribution in [2.45, 2.75) is 13.0 Å². The summed E-state index contributed by atoms with van der Waals surface area (Å²) >= 11 is 5.37. The molecule has 0 radical (unpaired) electrons. The number of rotatable bonds is 3. The van der Waals surface area contributed by atoms with Gasteiger partial charge in [-0.1, -0.05) is 15.9 Å². The van der Waals surface area contributed by atoms with Gasteiger partial charge in [-0.15, -0.1) is 11.3 Å². The van der Waals surface area contributed by atoms with Crippen LogP contribution in [0.4, 0.5) is 0 Å². The van der Waals surface area contributed by atoms with E-state index < -0.39 is 0 Å². The molecular weight excluding hydrogens is 338 g/mol. The van der Waals surface area contributed by atoms with E-state index in [9.17, 15) is 4.79 Å². The van der Waals surface area contributed by atoms with Crippen molar-refractivity contribution in [1.29, 1.82) is 0 Å². The highest BCUT2D eigenvalue weighted by molar-refractivity contribution is 9.10. The number of H-pyrrole nitrogens is 2. The number of hydrogen-bond donors (Lipinski definition) is 3. The highest BCUT2D eigenvalue weighted by Crippen LogP contribution is 2.33. The van der Waals surface area contributed by atoms with Gasteiger partial charge in [0.25, 0.3) is 0 Å². The molecule has 20 heavy (non-hydrogen) atoms.